The molecule has 1 aromatic rings. The SMILES string of the molecule is CN=C(NCCc1csc(N2CCCC2)n1)N1CCC(COCCOC)C1. The van der Waals surface area contributed by atoms with Gasteiger partial charge in [0.25, 0.3) is 0 Å². The maximum Gasteiger partial charge on any atom is 0.193 e. The molecule has 2 aliphatic heterocycles. The second kappa shape index (κ2) is 10.8. The van der Waals surface area contributed by atoms with Gasteiger partial charge < -0.3 is 24.6 Å². The Balaban J connectivity index is 1.37. The molecule has 0 amide bonds. The number of methoxy groups -OCH3 is 1. The first-order valence-corrected chi connectivity index (χ1v) is 10.9. The van der Waals surface area contributed by atoms with E-state index in [4.69, 9.17) is 14.5 Å². The van der Waals surface area contributed by atoms with Gasteiger partial charge in [0.15, 0.2) is 11.1 Å². The third kappa shape index (κ3) is 6.05. The topological polar surface area (TPSA) is 62.2 Å². The molecule has 2 saturated heterocycles. The van der Waals surface area contributed by atoms with Crippen molar-refractivity contribution in [2.45, 2.75) is 25.7 Å². The Kier molecular flexibility index (Phi) is 8.16. The molecule has 3 rings (SSSR count). The summed E-state index contributed by atoms with van der Waals surface area (Å²) in [6.45, 7) is 7.35. The Hall–Kier alpha value is -1.38. The van der Waals surface area contributed by atoms with Crippen LogP contribution in [-0.4, -0.2) is 82.5 Å². The van der Waals surface area contributed by atoms with E-state index in [0.717, 1.165) is 58.1 Å². The molecule has 0 aromatic carbocycles. The van der Waals surface area contributed by atoms with Crippen LogP contribution in [-0.2, 0) is 15.9 Å². The van der Waals surface area contributed by atoms with Gasteiger partial charge in [0.05, 0.1) is 25.5 Å². The standard InChI is InChI=1S/C19H33N5O2S/c1-20-18(24-10-6-16(13-24)14-26-12-11-25-2)21-7-5-17-15-27-19(22-17)23-8-3-4-9-23/h15-16H,3-14H2,1-2H3,(H,20,21). The molecule has 1 aromatic heterocycles. The molecule has 152 valence electrons. The molecule has 1 unspecified atom stereocenters. The maximum atomic E-state index is 5.68. The molecule has 1 N–H and O–H groups in total. The van der Waals surface area contributed by atoms with E-state index in [1.165, 1.54) is 23.7 Å². The van der Waals surface area contributed by atoms with Crippen LogP contribution in [0.3, 0.4) is 0 Å². The van der Waals surface area contributed by atoms with Gasteiger partial charge in [-0.1, -0.05) is 0 Å². The molecule has 0 radical (unpaired) electrons. The van der Waals surface area contributed by atoms with Crippen molar-refractivity contribution in [2.75, 3.05) is 71.6 Å². The average Bonchev–Trinajstić information content (AvgIpc) is 3.44. The van der Waals surface area contributed by atoms with Crippen LogP contribution < -0.4 is 10.2 Å². The molecule has 0 saturated carbocycles. The monoisotopic (exact) mass is 395 g/mol. The van der Waals surface area contributed by atoms with Crippen molar-refractivity contribution >= 4 is 22.4 Å². The molecule has 0 aliphatic carbocycles. The highest BCUT2D eigenvalue weighted by Crippen LogP contribution is 2.24. The Morgan fingerprint density at radius 2 is 2.19 bits per heavy atom. The lowest BCUT2D eigenvalue weighted by Crippen LogP contribution is -2.41. The number of nitrogens with zero attached hydrogens (tertiary/aromatic N) is 4. The van der Waals surface area contributed by atoms with Crippen molar-refractivity contribution in [3.63, 3.8) is 0 Å². The van der Waals surface area contributed by atoms with Gasteiger partial charge in [-0.25, -0.2) is 4.98 Å². The summed E-state index contributed by atoms with van der Waals surface area (Å²) in [6, 6.07) is 0. The lowest BCUT2D eigenvalue weighted by molar-refractivity contribution is 0.0536. The highest BCUT2D eigenvalue weighted by atomic mass is 32.1. The van der Waals surface area contributed by atoms with Crippen molar-refractivity contribution < 1.29 is 9.47 Å². The number of aromatic nitrogens is 1. The number of rotatable bonds is 9. The van der Waals surface area contributed by atoms with Crippen molar-refractivity contribution in [1.29, 1.82) is 0 Å². The number of ether oxygens (including phenoxy) is 2. The summed E-state index contributed by atoms with van der Waals surface area (Å²) in [6.07, 6.45) is 4.67. The third-order valence-corrected chi connectivity index (χ3v) is 6.11. The summed E-state index contributed by atoms with van der Waals surface area (Å²) in [7, 11) is 3.56. The summed E-state index contributed by atoms with van der Waals surface area (Å²) in [5, 5.41) is 6.88. The largest absolute Gasteiger partial charge is 0.382 e. The van der Waals surface area contributed by atoms with E-state index < -0.39 is 0 Å². The quantitative estimate of drug-likeness (QED) is 0.391. The molecule has 8 heteroatoms. The minimum absolute atomic E-state index is 0.571. The molecule has 2 aliphatic rings. The highest BCUT2D eigenvalue weighted by Gasteiger charge is 2.25. The number of hydrogen-bond donors (Lipinski definition) is 1. The van der Waals surface area contributed by atoms with Crippen LogP contribution >= 0.6 is 11.3 Å². The molecular formula is C19H33N5O2S. The van der Waals surface area contributed by atoms with E-state index in [0.29, 0.717) is 19.1 Å². The Morgan fingerprint density at radius 3 is 2.96 bits per heavy atom. The molecule has 1 atom stereocenters. The van der Waals surface area contributed by atoms with Crippen LogP contribution in [0.1, 0.15) is 25.0 Å². The fourth-order valence-corrected chi connectivity index (χ4v) is 4.57. The van der Waals surface area contributed by atoms with Crippen LogP contribution in [0, 0.1) is 5.92 Å². The summed E-state index contributed by atoms with van der Waals surface area (Å²) in [4.78, 5) is 14.0. The molecule has 3 heterocycles. The predicted octanol–water partition coefficient (Wildman–Crippen LogP) is 1.85. The van der Waals surface area contributed by atoms with Crippen LogP contribution in [0.5, 0.6) is 0 Å². The molecule has 7 nitrogen and oxygen atoms in total. The van der Waals surface area contributed by atoms with Gasteiger partial charge in [-0.05, 0) is 19.3 Å². The molecule has 0 bridgehead atoms. The van der Waals surface area contributed by atoms with E-state index in [1.54, 1.807) is 18.4 Å². The summed E-state index contributed by atoms with van der Waals surface area (Å²) >= 11 is 1.77. The normalized spacial score (nSPS) is 20.7. The number of thiazole rings is 1. The Labute approximate surface area is 166 Å². The zero-order chi connectivity index (χ0) is 18.9. The average molecular weight is 396 g/mol. The predicted molar refractivity (Wildman–Crippen MR) is 111 cm³/mol. The highest BCUT2D eigenvalue weighted by molar-refractivity contribution is 7.13. The minimum Gasteiger partial charge on any atom is -0.382 e. The first-order valence-electron chi connectivity index (χ1n) is 10.0. The van der Waals surface area contributed by atoms with Gasteiger partial charge >= 0.3 is 0 Å². The molecular weight excluding hydrogens is 362 g/mol. The molecule has 2 fully saturated rings. The molecule has 27 heavy (non-hydrogen) atoms. The summed E-state index contributed by atoms with van der Waals surface area (Å²) in [5.74, 6) is 1.56. The number of nitrogens with one attached hydrogen (secondary N) is 1. The van der Waals surface area contributed by atoms with E-state index in [1.807, 2.05) is 7.05 Å². The Morgan fingerprint density at radius 1 is 1.33 bits per heavy atom. The van der Waals surface area contributed by atoms with Gasteiger partial charge in [-0.15, -0.1) is 11.3 Å². The van der Waals surface area contributed by atoms with Crippen LogP contribution in [0.2, 0.25) is 0 Å². The fourth-order valence-electron chi connectivity index (χ4n) is 3.65. The van der Waals surface area contributed by atoms with Gasteiger partial charge in [0, 0.05) is 64.6 Å². The zero-order valence-electron chi connectivity index (χ0n) is 16.7. The number of aliphatic imine (C=N–C) groups is 1. The number of likely N-dealkylation sites (tertiary alicyclic amines) is 1. The zero-order valence-corrected chi connectivity index (χ0v) is 17.5. The first-order chi connectivity index (χ1) is 13.3. The van der Waals surface area contributed by atoms with Crippen LogP contribution in [0.25, 0.3) is 0 Å². The van der Waals surface area contributed by atoms with Crippen molar-refractivity contribution in [3.8, 4) is 0 Å². The smallest absolute Gasteiger partial charge is 0.193 e. The lowest BCUT2D eigenvalue weighted by Gasteiger charge is -2.21. The lowest BCUT2D eigenvalue weighted by atomic mass is 10.1. The molecule has 0 spiro atoms. The maximum absolute atomic E-state index is 5.68. The second-order valence-corrected chi connectivity index (χ2v) is 8.04. The minimum atomic E-state index is 0.571. The summed E-state index contributed by atoms with van der Waals surface area (Å²) in [5.41, 5.74) is 1.18. The number of hydrogen-bond acceptors (Lipinski definition) is 6. The van der Waals surface area contributed by atoms with E-state index in [2.05, 4.69) is 25.5 Å². The van der Waals surface area contributed by atoms with Gasteiger partial charge in [-0.3, -0.25) is 4.99 Å². The van der Waals surface area contributed by atoms with Gasteiger partial charge in [-0.2, -0.15) is 0 Å². The summed E-state index contributed by atoms with van der Waals surface area (Å²) < 4.78 is 10.7. The third-order valence-electron chi connectivity index (χ3n) is 5.16. The second-order valence-electron chi connectivity index (χ2n) is 7.21. The van der Waals surface area contributed by atoms with Crippen molar-refractivity contribution in [1.82, 2.24) is 15.2 Å². The van der Waals surface area contributed by atoms with Crippen molar-refractivity contribution in [3.05, 3.63) is 11.1 Å². The Bertz CT molecular complexity index is 588. The van der Waals surface area contributed by atoms with E-state index >= 15 is 0 Å². The van der Waals surface area contributed by atoms with Crippen LogP contribution in [0.15, 0.2) is 10.4 Å². The fraction of sp³-hybridized carbons (Fsp3) is 0.789. The van der Waals surface area contributed by atoms with Gasteiger partial charge in [0.2, 0.25) is 0 Å². The number of anilines is 1. The number of guanidine groups is 1. The van der Waals surface area contributed by atoms with Crippen molar-refractivity contribution in [2.24, 2.45) is 10.9 Å². The van der Waals surface area contributed by atoms with Gasteiger partial charge in [0.1, 0.15) is 0 Å². The van der Waals surface area contributed by atoms with E-state index in [9.17, 15) is 0 Å². The van der Waals surface area contributed by atoms with Crippen LogP contribution in [0.4, 0.5) is 5.13 Å². The first kappa shape index (κ1) is 20.4. The van der Waals surface area contributed by atoms with E-state index in [-0.39, 0.29) is 0 Å².